The molecule has 1 fully saturated rings. The van der Waals surface area contributed by atoms with E-state index in [2.05, 4.69) is 11.4 Å². The topological polar surface area (TPSA) is 52.6 Å². The van der Waals surface area contributed by atoms with Crippen LogP contribution in [0.2, 0.25) is 0 Å². The smallest absolute Gasteiger partial charge is 0.339 e. The number of ether oxygens (including phenoxy) is 1. The van der Waals surface area contributed by atoms with Gasteiger partial charge in [-0.05, 0) is 66.6 Å². The van der Waals surface area contributed by atoms with Crippen LogP contribution in [0.3, 0.4) is 0 Å². The maximum atomic E-state index is 12.5. The second kappa shape index (κ2) is 7.84. The van der Waals surface area contributed by atoms with Gasteiger partial charge in [0.05, 0.1) is 6.10 Å². The van der Waals surface area contributed by atoms with Crippen LogP contribution in [0.25, 0.3) is 0 Å². The molecule has 30 heavy (non-hydrogen) atoms. The van der Waals surface area contributed by atoms with Gasteiger partial charge in [0.2, 0.25) is 0 Å². The van der Waals surface area contributed by atoms with Crippen molar-refractivity contribution in [3.8, 4) is 5.75 Å². The lowest BCUT2D eigenvalue weighted by Crippen LogP contribution is -2.32. The maximum Gasteiger partial charge on any atom is 0.339 e. The fourth-order valence-electron chi connectivity index (χ4n) is 4.49. The Morgan fingerprint density at radius 2 is 1.70 bits per heavy atom. The van der Waals surface area contributed by atoms with Crippen LogP contribution >= 0.6 is 11.3 Å². The summed E-state index contributed by atoms with van der Waals surface area (Å²) in [6, 6.07) is 16.1. The van der Waals surface area contributed by atoms with Gasteiger partial charge in [-0.1, -0.05) is 42.7 Å². The van der Waals surface area contributed by atoms with E-state index in [0.29, 0.717) is 11.7 Å². The molecule has 0 bridgehead atoms. The molecule has 1 aliphatic carbocycles. The molecule has 3 aromatic rings. The predicted molar refractivity (Wildman–Crippen MR) is 118 cm³/mol. The first kappa shape index (κ1) is 19.8. The van der Waals surface area contributed by atoms with Crippen molar-refractivity contribution in [2.45, 2.75) is 55.6 Å². The van der Waals surface area contributed by atoms with E-state index in [9.17, 15) is 8.42 Å². The molecule has 2 heterocycles. The number of aryl methyl sites for hydroxylation is 1. The molecule has 1 aromatic heterocycles. The van der Waals surface area contributed by atoms with Crippen LogP contribution in [0.4, 0.5) is 0 Å². The predicted octanol–water partition coefficient (Wildman–Crippen LogP) is 5.97. The van der Waals surface area contributed by atoms with E-state index in [1.54, 1.807) is 36.4 Å². The Bertz CT molecular complexity index is 1130. The van der Waals surface area contributed by atoms with Gasteiger partial charge in [0.15, 0.2) is 0 Å². The van der Waals surface area contributed by atoms with Crippen LogP contribution in [0.1, 0.15) is 59.3 Å². The lowest BCUT2D eigenvalue weighted by Gasteiger charge is -2.39. The van der Waals surface area contributed by atoms with Gasteiger partial charge in [-0.2, -0.15) is 8.42 Å². The summed E-state index contributed by atoms with van der Waals surface area (Å²) in [5.74, 6) is 0.823. The monoisotopic (exact) mass is 440 g/mol. The minimum atomic E-state index is -3.85. The van der Waals surface area contributed by atoms with Crippen molar-refractivity contribution >= 4 is 21.5 Å². The first-order valence-corrected chi connectivity index (χ1v) is 12.6. The molecule has 0 saturated heterocycles. The minimum Gasteiger partial charge on any atom is -0.379 e. The minimum absolute atomic E-state index is 0.103. The van der Waals surface area contributed by atoms with Crippen molar-refractivity contribution in [2.75, 3.05) is 0 Å². The Labute approximate surface area is 181 Å². The summed E-state index contributed by atoms with van der Waals surface area (Å²) < 4.78 is 37.0. The average molecular weight is 441 g/mol. The standard InChI is InChI=1S/C24H24O4S2/c1-16-6-12-19(13-7-16)30(25,26)28-18-10-8-17(9-11-18)23-21-14-15-29-24(21)20-4-2-3-5-22(20)27-23/h6-15,20,22-23H,2-5H2,1H3. The lowest BCUT2D eigenvalue weighted by atomic mass is 9.80. The molecule has 5 rings (SSSR count). The van der Waals surface area contributed by atoms with Gasteiger partial charge in [0, 0.05) is 10.8 Å². The van der Waals surface area contributed by atoms with E-state index in [-0.39, 0.29) is 17.1 Å². The molecular weight excluding hydrogens is 416 g/mol. The number of fused-ring (bicyclic) bond motifs is 3. The molecule has 1 saturated carbocycles. The molecule has 2 aliphatic rings. The zero-order valence-corrected chi connectivity index (χ0v) is 18.4. The maximum absolute atomic E-state index is 12.5. The van der Waals surface area contributed by atoms with Crippen molar-refractivity contribution in [1.82, 2.24) is 0 Å². The van der Waals surface area contributed by atoms with E-state index >= 15 is 0 Å². The molecule has 0 amide bonds. The Balaban J connectivity index is 1.38. The third kappa shape index (κ3) is 3.68. The van der Waals surface area contributed by atoms with E-state index in [4.69, 9.17) is 8.92 Å². The van der Waals surface area contributed by atoms with Crippen molar-refractivity contribution in [3.05, 3.63) is 81.5 Å². The SMILES string of the molecule is Cc1ccc(S(=O)(=O)Oc2ccc(C3OC4CCCCC4c4sccc43)cc2)cc1. The molecule has 0 N–H and O–H groups in total. The number of hydrogen-bond acceptors (Lipinski definition) is 5. The highest BCUT2D eigenvalue weighted by Crippen LogP contribution is 2.49. The lowest BCUT2D eigenvalue weighted by molar-refractivity contribution is -0.0374. The molecule has 3 unspecified atom stereocenters. The van der Waals surface area contributed by atoms with Crippen LogP contribution in [-0.2, 0) is 14.9 Å². The summed E-state index contributed by atoms with van der Waals surface area (Å²) in [5.41, 5.74) is 3.28. The van der Waals surface area contributed by atoms with Crippen LogP contribution < -0.4 is 4.18 Å². The van der Waals surface area contributed by atoms with Crippen molar-refractivity contribution < 1.29 is 17.3 Å². The average Bonchev–Trinajstić information content (AvgIpc) is 3.24. The van der Waals surface area contributed by atoms with Crippen LogP contribution in [-0.4, -0.2) is 14.5 Å². The van der Waals surface area contributed by atoms with E-state index in [1.807, 2.05) is 30.4 Å². The molecule has 2 aromatic carbocycles. The summed E-state index contributed by atoms with van der Waals surface area (Å²) >= 11 is 1.84. The van der Waals surface area contributed by atoms with Gasteiger partial charge in [0.1, 0.15) is 16.7 Å². The largest absolute Gasteiger partial charge is 0.379 e. The van der Waals surface area contributed by atoms with Gasteiger partial charge < -0.3 is 8.92 Å². The fourth-order valence-corrected chi connectivity index (χ4v) is 6.54. The number of benzene rings is 2. The molecular formula is C24H24O4S2. The molecule has 6 heteroatoms. The normalized spacial score (nSPS) is 23.4. The van der Waals surface area contributed by atoms with E-state index < -0.39 is 10.1 Å². The zero-order chi connectivity index (χ0) is 20.7. The van der Waals surface area contributed by atoms with Crippen molar-refractivity contribution in [2.24, 2.45) is 0 Å². The van der Waals surface area contributed by atoms with Crippen LogP contribution in [0.15, 0.2) is 64.9 Å². The third-order valence-corrected chi connectivity index (χ3v) is 8.38. The molecule has 156 valence electrons. The highest BCUT2D eigenvalue weighted by molar-refractivity contribution is 7.87. The first-order valence-electron chi connectivity index (χ1n) is 10.4. The summed E-state index contributed by atoms with van der Waals surface area (Å²) in [7, 11) is -3.85. The van der Waals surface area contributed by atoms with E-state index in [0.717, 1.165) is 17.5 Å². The first-order chi connectivity index (χ1) is 14.5. The van der Waals surface area contributed by atoms with Crippen molar-refractivity contribution in [1.29, 1.82) is 0 Å². The van der Waals surface area contributed by atoms with Gasteiger partial charge in [-0.3, -0.25) is 0 Å². The molecule has 0 spiro atoms. The second-order valence-electron chi connectivity index (χ2n) is 8.11. The summed E-state index contributed by atoms with van der Waals surface area (Å²) in [6.45, 7) is 1.91. The highest BCUT2D eigenvalue weighted by atomic mass is 32.2. The van der Waals surface area contributed by atoms with Gasteiger partial charge in [-0.15, -0.1) is 11.3 Å². The molecule has 4 nitrogen and oxygen atoms in total. The third-order valence-electron chi connectivity index (χ3n) is 6.06. The molecule has 0 radical (unpaired) electrons. The Kier molecular flexibility index (Phi) is 5.17. The Hall–Kier alpha value is -2.15. The van der Waals surface area contributed by atoms with Crippen molar-refractivity contribution in [3.63, 3.8) is 0 Å². The van der Waals surface area contributed by atoms with Gasteiger partial charge in [0.25, 0.3) is 0 Å². The second-order valence-corrected chi connectivity index (χ2v) is 10.6. The molecule has 1 aliphatic heterocycles. The number of hydrogen-bond donors (Lipinski definition) is 0. The van der Waals surface area contributed by atoms with Gasteiger partial charge in [-0.25, -0.2) is 0 Å². The summed E-state index contributed by atoms with van der Waals surface area (Å²) in [6.07, 6.45) is 4.97. The van der Waals surface area contributed by atoms with Crippen LogP contribution in [0.5, 0.6) is 5.75 Å². The zero-order valence-electron chi connectivity index (χ0n) is 16.8. The van der Waals surface area contributed by atoms with Gasteiger partial charge >= 0.3 is 10.1 Å². The Morgan fingerprint density at radius 1 is 0.967 bits per heavy atom. The fraction of sp³-hybridized carbons (Fsp3) is 0.333. The quantitative estimate of drug-likeness (QED) is 0.469. The number of thiophene rings is 1. The number of rotatable bonds is 4. The molecule has 3 atom stereocenters. The van der Waals surface area contributed by atoms with Crippen LogP contribution in [0, 0.1) is 6.92 Å². The Morgan fingerprint density at radius 3 is 2.47 bits per heavy atom. The highest BCUT2D eigenvalue weighted by Gasteiger charge is 2.38. The van der Waals surface area contributed by atoms with E-state index in [1.165, 1.54) is 29.7 Å². The summed E-state index contributed by atoms with van der Waals surface area (Å²) in [4.78, 5) is 1.61. The summed E-state index contributed by atoms with van der Waals surface area (Å²) in [5, 5.41) is 2.16.